The summed E-state index contributed by atoms with van der Waals surface area (Å²) < 4.78 is 1.58. The molecule has 0 unspecified atom stereocenters. The largest absolute Gasteiger partial charge is 0.349 e. The number of rotatable bonds is 4. The highest BCUT2D eigenvalue weighted by atomic mass is 35.5. The summed E-state index contributed by atoms with van der Waals surface area (Å²) in [6, 6.07) is 7.66. The second-order valence-corrected chi connectivity index (χ2v) is 5.51. The first kappa shape index (κ1) is 14.6. The second kappa shape index (κ2) is 5.81. The average Bonchev–Trinajstić information content (AvgIpc) is 2.88. The second-order valence-electron chi connectivity index (χ2n) is 5.08. The number of anilines is 1. The maximum atomic E-state index is 12.1. The minimum absolute atomic E-state index is 0.0334. The Balaban J connectivity index is 1.95. The van der Waals surface area contributed by atoms with Gasteiger partial charge in [0.15, 0.2) is 5.65 Å². The first-order valence-corrected chi connectivity index (χ1v) is 7.40. The van der Waals surface area contributed by atoms with Gasteiger partial charge in [0.05, 0.1) is 12.2 Å². The van der Waals surface area contributed by atoms with Gasteiger partial charge in [-0.2, -0.15) is 10.1 Å². The summed E-state index contributed by atoms with van der Waals surface area (Å²) in [5, 5.41) is 8.50. The Hall–Kier alpha value is -2.34. The molecule has 1 aromatic carbocycles. The normalized spacial score (nSPS) is 12.5. The van der Waals surface area contributed by atoms with E-state index in [-0.39, 0.29) is 11.6 Å². The van der Waals surface area contributed by atoms with Gasteiger partial charge in [-0.05, 0) is 24.1 Å². The van der Waals surface area contributed by atoms with E-state index in [1.54, 1.807) is 11.7 Å². The number of hydrogen-bond acceptors (Lipinski definition) is 4. The average molecular weight is 318 g/mol. The van der Waals surface area contributed by atoms with E-state index in [0.717, 1.165) is 12.0 Å². The Labute approximate surface area is 132 Å². The van der Waals surface area contributed by atoms with Gasteiger partial charge in [-0.25, -0.2) is 0 Å². The van der Waals surface area contributed by atoms with Crippen LogP contribution in [-0.4, -0.2) is 19.7 Å². The highest BCUT2D eigenvalue weighted by Gasteiger charge is 2.13. The molecule has 0 aliphatic heterocycles. The Morgan fingerprint density at radius 3 is 2.77 bits per heavy atom. The summed E-state index contributed by atoms with van der Waals surface area (Å²) in [6.45, 7) is 2.06. The maximum absolute atomic E-state index is 12.1. The number of benzene rings is 1. The Kier molecular flexibility index (Phi) is 3.85. The molecule has 7 heteroatoms. The van der Waals surface area contributed by atoms with Crippen molar-refractivity contribution in [3.8, 4) is 0 Å². The van der Waals surface area contributed by atoms with E-state index in [2.05, 4.69) is 27.3 Å². The van der Waals surface area contributed by atoms with Gasteiger partial charge < -0.3 is 5.32 Å². The monoisotopic (exact) mass is 317 g/mol. The Bertz CT molecular complexity index is 852. The van der Waals surface area contributed by atoms with Gasteiger partial charge in [0.1, 0.15) is 5.39 Å². The first-order valence-electron chi connectivity index (χ1n) is 7.02. The number of aromatic nitrogens is 4. The lowest BCUT2D eigenvalue weighted by molar-refractivity contribution is 0.735. The molecule has 0 radical (unpaired) electrons. The third kappa shape index (κ3) is 2.69. The summed E-state index contributed by atoms with van der Waals surface area (Å²) >= 11 is 5.92. The molecular formula is C15H16ClN5O. The van der Waals surface area contributed by atoms with E-state index in [1.807, 2.05) is 24.3 Å². The van der Waals surface area contributed by atoms with Crippen LogP contribution in [0.1, 0.15) is 24.9 Å². The van der Waals surface area contributed by atoms with Crippen LogP contribution in [0.25, 0.3) is 11.0 Å². The molecule has 3 aromatic rings. The molecule has 2 aromatic heterocycles. The van der Waals surface area contributed by atoms with Gasteiger partial charge in [0.2, 0.25) is 5.95 Å². The third-order valence-electron chi connectivity index (χ3n) is 3.59. The van der Waals surface area contributed by atoms with Crippen molar-refractivity contribution in [3.63, 3.8) is 0 Å². The van der Waals surface area contributed by atoms with Crippen molar-refractivity contribution in [2.75, 3.05) is 5.32 Å². The molecule has 3 rings (SSSR count). The van der Waals surface area contributed by atoms with E-state index in [4.69, 9.17) is 11.6 Å². The highest BCUT2D eigenvalue weighted by molar-refractivity contribution is 6.30. The van der Waals surface area contributed by atoms with Crippen molar-refractivity contribution in [1.82, 2.24) is 19.7 Å². The molecular weight excluding hydrogens is 302 g/mol. The van der Waals surface area contributed by atoms with Crippen LogP contribution in [0.4, 0.5) is 5.95 Å². The van der Waals surface area contributed by atoms with Crippen LogP contribution in [0.5, 0.6) is 0 Å². The minimum atomic E-state index is -0.202. The maximum Gasteiger partial charge on any atom is 0.263 e. The zero-order valence-electron chi connectivity index (χ0n) is 12.3. The molecule has 6 nitrogen and oxygen atoms in total. The zero-order chi connectivity index (χ0) is 15.7. The lowest BCUT2D eigenvalue weighted by atomic mass is 10.1. The SMILES string of the molecule is CC[C@H](Nc1nc2c(cnn2C)c(=O)[nH]1)c1ccc(Cl)cc1. The molecule has 0 bridgehead atoms. The van der Waals surface area contributed by atoms with Crippen LogP contribution in [-0.2, 0) is 7.05 Å². The predicted octanol–water partition coefficient (Wildman–Crippen LogP) is 2.87. The summed E-state index contributed by atoms with van der Waals surface area (Å²) in [7, 11) is 1.76. The van der Waals surface area contributed by atoms with E-state index in [1.165, 1.54) is 6.20 Å². The minimum Gasteiger partial charge on any atom is -0.349 e. The van der Waals surface area contributed by atoms with Gasteiger partial charge in [0, 0.05) is 12.1 Å². The molecule has 1 atom stereocenters. The summed E-state index contributed by atoms with van der Waals surface area (Å²) in [4.78, 5) is 19.2. The van der Waals surface area contributed by atoms with Gasteiger partial charge in [-0.1, -0.05) is 30.7 Å². The number of nitrogens with one attached hydrogen (secondary N) is 2. The fourth-order valence-corrected chi connectivity index (χ4v) is 2.51. The van der Waals surface area contributed by atoms with E-state index in [9.17, 15) is 4.79 Å². The van der Waals surface area contributed by atoms with Crippen molar-refractivity contribution in [2.24, 2.45) is 7.05 Å². The van der Waals surface area contributed by atoms with Crippen LogP contribution >= 0.6 is 11.6 Å². The molecule has 0 spiro atoms. The molecule has 22 heavy (non-hydrogen) atoms. The molecule has 0 fully saturated rings. The Morgan fingerprint density at radius 2 is 2.09 bits per heavy atom. The van der Waals surface area contributed by atoms with Gasteiger partial charge in [-0.15, -0.1) is 0 Å². The molecule has 114 valence electrons. The van der Waals surface area contributed by atoms with Crippen molar-refractivity contribution in [3.05, 3.63) is 51.4 Å². The van der Waals surface area contributed by atoms with Crippen molar-refractivity contribution in [2.45, 2.75) is 19.4 Å². The first-order chi connectivity index (χ1) is 10.6. The molecule has 0 aliphatic rings. The number of aromatic amines is 1. The summed E-state index contributed by atoms with van der Waals surface area (Å²) in [6.07, 6.45) is 2.36. The van der Waals surface area contributed by atoms with Crippen LogP contribution in [0.2, 0.25) is 5.02 Å². The van der Waals surface area contributed by atoms with E-state index in [0.29, 0.717) is 22.0 Å². The lowest BCUT2D eigenvalue weighted by Crippen LogP contribution is -2.17. The quantitative estimate of drug-likeness (QED) is 0.776. The van der Waals surface area contributed by atoms with Crippen LogP contribution in [0.3, 0.4) is 0 Å². The number of fused-ring (bicyclic) bond motifs is 1. The highest BCUT2D eigenvalue weighted by Crippen LogP contribution is 2.22. The topological polar surface area (TPSA) is 75.6 Å². The lowest BCUT2D eigenvalue weighted by Gasteiger charge is -2.17. The standard InChI is InChI=1S/C15H16ClN5O/c1-3-12(9-4-6-10(16)7-5-9)18-15-19-13-11(14(22)20-15)8-17-21(13)2/h4-8,12H,3H2,1-2H3,(H2,18,19,20,22)/t12-/m0/s1. The summed E-state index contributed by atoms with van der Waals surface area (Å²) in [5.41, 5.74) is 1.43. The number of halogens is 1. The number of nitrogens with zero attached hydrogens (tertiary/aromatic N) is 3. The third-order valence-corrected chi connectivity index (χ3v) is 3.85. The van der Waals surface area contributed by atoms with Crippen molar-refractivity contribution in [1.29, 1.82) is 0 Å². The van der Waals surface area contributed by atoms with Crippen LogP contribution in [0, 0.1) is 0 Å². The molecule has 0 saturated heterocycles. The van der Waals surface area contributed by atoms with E-state index >= 15 is 0 Å². The smallest absolute Gasteiger partial charge is 0.263 e. The van der Waals surface area contributed by atoms with Crippen molar-refractivity contribution < 1.29 is 0 Å². The number of hydrogen-bond donors (Lipinski definition) is 2. The molecule has 2 heterocycles. The van der Waals surface area contributed by atoms with Crippen molar-refractivity contribution >= 4 is 28.6 Å². The summed E-state index contributed by atoms with van der Waals surface area (Å²) in [5.74, 6) is 0.433. The number of aryl methyl sites for hydroxylation is 1. The van der Waals surface area contributed by atoms with Gasteiger partial charge in [-0.3, -0.25) is 14.5 Å². The van der Waals surface area contributed by atoms with Gasteiger partial charge >= 0.3 is 0 Å². The fraction of sp³-hybridized carbons (Fsp3) is 0.267. The number of H-pyrrole nitrogens is 1. The van der Waals surface area contributed by atoms with Crippen LogP contribution < -0.4 is 10.9 Å². The van der Waals surface area contributed by atoms with Crippen LogP contribution in [0.15, 0.2) is 35.3 Å². The molecule has 0 amide bonds. The molecule has 0 saturated carbocycles. The van der Waals surface area contributed by atoms with E-state index < -0.39 is 0 Å². The van der Waals surface area contributed by atoms with Gasteiger partial charge in [0.25, 0.3) is 5.56 Å². The zero-order valence-corrected chi connectivity index (χ0v) is 13.1. The predicted molar refractivity (Wildman–Crippen MR) is 87.2 cm³/mol. The molecule has 2 N–H and O–H groups in total. The molecule has 0 aliphatic carbocycles. The fourth-order valence-electron chi connectivity index (χ4n) is 2.38. The Morgan fingerprint density at radius 1 is 1.36 bits per heavy atom.